The van der Waals surface area contributed by atoms with Crippen molar-refractivity contribution in [1.29, 1.82) is 0 Å². The van der Waals surface area contributed by atoms with Crippen molar-refractivity contribution in [3.05, 3.63) is 11.9 Å². The van der Waals surface area contributed by atoms with Gasteiger partial charge in [-0.15, -0.1) is 0 Å². The van der Waals surface area contributed by atoms with Crippen molar-refractivity contribution in [3.63, 3.8) is 0 Å². The van der Waals surface area contributed by atoms with Crippen LogP contribution in [0.2, 0.25) is 0 Å². The molecule has 0 fully saturated rings. The number of amides is 1. The smallest absolute Gasteiger partial charge is 0.396 e. The second kappa shape index (κ2) is 6.15. The van der Waals surface area contributed by atoms with Gasteiger partial charge in [0.05, 0.1) is 11.9 Å². The summed E-state index contributed by atoms with van der Waals surface area (Å²) in [4.78, 5) is 13.1. The van der Waals surface area contributed by atoms with E-state index in [1.807, 2.05) is 0 Å². The van der Waals surface area contributed by atoms with Crippen LogP contribution < -0.4 is 5.73 Å². The highest BCUT2D eigenvalue weighted by Crippen LogP contribution is 2.21. The maximum atomic E-state index is 12.6. The van der Waals surface area contributed by atoms with Gasteiger partial charge in [-0.2, -0.15) is 18.3 Å². The zero-order valence-corrected chi connectivity index (χ0v) is 11.7. The van der Waals surface area contributed by atoms with Crippen LogP contribution in [0.3, 0.4) is 0 Å². The second-order valence-corrected chi connectivity index (χ2v) is 4.96. The first-order chi connectivity index (χ1) is 9.15. The van der Waals surface area contributed by atoms with Crippen molar-refractivity contribution in [2.45, 2.75) is 33.5 Å². The van der Waals surface area contributed by atoms with Crippen molar-refractivity contribution in [1.82, 2.24) is 14.7 Å². The first-order valence-electron chi connectivity index (χ1n) is 6.33. The summed E-state index contributed by atoms with van der Waals surface area (Å²) in [5, 5.41) is 3.88. The third kappa shape index (κ3) is 4.14. The molecule has 1 aromatic rings. The number of hydrogen-bond donors (Lipinski definition) is 1. The number of halogens is 3. The topological polar surface area (TPSA) is 64.2 Å². The van der Waals surface area contributed by atoms with E-state index in [1.165, 1.54) is 10.9 Å². The number of aromatic nitrogens is 2. The summed E-state index contributed by atoms with van der Waals surface area (Å²) in [6, 6.07) is 0. The lowest BCUT2D eigenvalue weighted by molar-refractivity contribution is -0.141. The number of hydrogen-bond acceptors (Lipinski definition) is 3. The molecular weight excluding hydrogens is 273 g/mol. The Bertz CT molecular complexity index is 468. The number of carbonyl (C=O) groups is 1. The number of anilines is 1. The highest BCUT2D eigenvalue weighted by Gasteiger charge is 2.35. The van der Waals surface area contributed by atoms with E-state index >= 15 is 0 Å². The largest absolute Gasteiger partial charge is 0.406 e. The Morgan fingerprint density at radius 1 is 1.50 bits per heavy atom. The van der Waals surface area contributed by atoms with Crippen LogP contribution in [0, 0.1) is 5.92 Å². The average molecular weight is 292 g/mol. The van der Waals surface area contributed by atoms with Crippen molar-refractivity contribution < 1.29 is 18.0 Å². The van der Waals surface area contributed by atoms with E-state index < -0.39 is 18.6 Å². The van der Waals surface area contributed by atoms with Gasteiger partial charge in [-0.05, 0) is 12.8 Å². The molecule has 0 aliphatic carbocycles. The van der Waals surface area contributed by atoms with Gasteiger partial charge in [0.15, 0.2) is 0 Å². The maximum Gasteiger partial charge on any atom is 0.406 e. The van der Waals surface area contributed by atoms with Gasteiger partial charge in [-0.1, -0.05) is 13.8 Å². The lowest BCUT2D eigenvalue weighted by Gasteiger charge is -2.26. The lowest BCUT2D eigenvalue weighted by atomic mass is 10.2. The molecule has 1 heterocycles. The predicted octanol–water partition coefficient (Wildman–Crippen LogP) is 2.15. The van der Waals surface area contributed by atoms with Gasteiger partial charge >= 0.3 is 6.18 Å². The van der Waals surface area contributed by atoms with E-state index in [0.29, 0.717) is 6.54 Å². The highest BCUT2D eigenvalue weighted by atomic mass is 19.4. The predicted molar refractivity (Wildman–Crippen MR) is 69.1 cm³/mol. The van der Waals surface area contributed by atoms with E-state index in [9.17, 15) is 18.0 Å². The fraction of sp³-hybridized carbons (Fsp3) is 0.667. The van der Waals surface area contributed by atoms with Crippen LogP contribution in [-0.4, -0.2) is 39.9 Å². The molecule has 0 aliphatic heterocycles. The van der Waals surface area contributed by atoms with Crippen molar-refractivity contribution in [2.75, 3.05) is 18.8 Å². The molecule has 20 heavy (non-hydrogen) atoms. The average Bonchev–Trinajstić information content (AvgIpc) is 2.66. The van der Waals surface area contributed by atoms with E-state index in [1.54, 1.807) is 20.8 Å². The summed E-state index contributed by atoms with van der Waals surface area (Å²) in [5.41, 5.74) is 5.74. The normalized spacial score (nSPS) is 11.9. The van der Waals surface area contributed by atoms with Crippen molar-refractivity contribution in [2.24, 2.45) is 5.92 Å². The van der Waals surface area contributed by atoms with E-state index in [-0.39, 0.29) is 23.8 Å². The van der Waals surface area contributed by atoms with Crippen molar-refractivity contribution in [3.8, 4) is 0 Å². The van der Waals surface area contributed by atoms with Gasteiger partial charge in [0, 0.05) is 13.1 Å². The van der Waals surface area contributed by atoms with Crippen LogP contribution in [0.1, 0.15) is 31.3 Å². The van der Waals surface area contributed by atoms with Crippen LogP contribution >= 0.6 is 0 Å². The molecule has 0 unspecified atom stereocenters. The first kappa shape index (κ1) is 16.3. The summed E-state index contributed by atoms with van der Waals surface area (Å²) >= 11 is 0. The number of nitrogens with zero attached hydrogens (tertiary/aromatic N) is 3. The van der Waals surface area contributed by atoms with Crippen LogP contribution in [-0.2, 0) is 6.54 Å². The molecule has 0 saturated carbocycles. The molecule has 0 atom stereocenters. The molecule has 114 valence electrons. The minimum Gasteiger partial charge on any atom is -0.396 e. The molecule has 2 N–H and O–H groups in total. The molecule has 1 rings (SSSR count). The molecule has 0 aliphatic rings. The third-order valence-electron chi connectivity index (χ3n) is 2.61. The Kier molecular flexibility index (Phi) is 5.02. The number of nitrogen functional groups attached to an aromatic ring is 1. The van der Waals surface area contributed by atoms with Crippen LogP contribution in [0.25, 0.3) is 0 Å². The molecule has 1 amide bonds. The molecule has 0 spiro atoms. The molecule has 5 nitrogen and oxygen atoms in total. The van der Waals surface area contributed by atoms with Gasteiger partial charge in [-0.25, -0.2) is 0 Å². The molecule has 0 bridgehead atoms. The first-order valence-corrected chi connectivity index (χ1v) is 6.33. The highest BCUT2D eigenvalue weighted by molar-refractivity contribution is 5.97. The minimum absolute atomic E-state index is 0.00662. The van der Waals surface area contributed by atoms with Crippen LogP contribution in [0.4, 0.5) is 18.9 Å². The maximum absolute atomic E-state index is 12.6. The Morgan fingerprint density at radius 3 is 2.55 bits per heavy atom. The molecular formula is C12H19F3N4O. The third-order valence-corrected chi connectivity index (χ3v) is 2.61. The zero-order chi connectivity index (χ0) is 15.5. The Morgan fingerprint density at radius 2 is 2.10 bits per heavy atom. The number of carbonyl (C=O) groups excluding carboxylic acids is 1. The van der Waals surface area contributed by atoms with Crippen molar-refractivity contribution >= 4 is 11.6 Å². The number of nitrogens with two attached hydrogens (primary N) is 1. The number of aryl methyl sites for hydroxylation is 1. The quantitative estimate of drug-likeness (QED) is 0.904. The molecule has 1 aromatic heterocycles. The Labute approximate surface area is 115 Å². The number of rotatable bonds is 5. The summed E-state index contributed by atoms with van der Waals surface area (Å²) in [6.45, 7) is 4.30. The number of alkyl halides is 3. The standard InChI is InChI=1S/C12H19F3N4O/c1-4-19-10(9(16)5-17-19)11(20)18(6-8(2)3)7-12(13,14)15/h5,8H,4,6-7,16H2,1-3H3. The van der Waals surface area contributed by atoms with E-state index in [2.05, 4.69) is 5.10 Å². The van der Waals surface area contributed by atoms with Crippen LogP contribution in [0.15, 0.2) is 6.20 Å². The van der Waals surface area contributed by atoms with Gasteiger partial charge < -0.3 is 10.6 Å². The summed E-state index contributed by atoms with van der Waals surface area (Å²) in [6.07, 6.45) is -3.17. The fourth-order valence-electron chi connectivity index (χ4n) is 1.90. The van der Waals surface area contributed by atoms with Gasteiger partial charge in [-0.3, -0.25) is 9.48 Å². The minimum atomic E-state index is -4.45. The Balaban J connectivity index is 3.06. The molecule has 8 heteroatoms. The Hall–Kier alpha value is -1.73. The fourth-order valence-corrected chi connectivity index (χ4v) is 1.90. The summed E-state index contributed by atoms with van der Waals surface area (Å²) < 4.78 is 39.1. The van der Waals surface area contributed by atoms with Gasteiger partial charge in [0.25, 0.3) is 5.91 Å². The van der Waals surface area contributed by atoms with Crippen LogP contribution in [0.5, 0.6) is 0 Å². The lowest BCUT2D eigenvalue weighted by Crippen LogP contribution is -2.42. The van der Waals surface area contributed by atoms with Gasteiger partial charge in [0.2, 0.25) is 0 Å². The molecule has 0 aromatic carbocycles. The SMILES string of the molecule is CCn1ncc(N)c1C(=O)N(CC(C)C)CC(F)(F)F. The van der Waals surface area contributed by atoms with E-state index in [4.69, 9.17) is 5.73 Å². The zero-order valence-electron chi connectivity index (χ0n) is 11.7. The monoisotopic (exact) mass is 292 g/mol. The molecule has 0 radical (unpaired) electrons. The second-order valence-electron chi connectivity index (χ2n) is 4.96. The van der Waals surface area contributed by atoms with E-state index in [0.717, 1.165) is 4.90 Å². The van der Waals surface area contributed by atoms with Gasteiger partial charge in [0.1, 0.15) is 12.2 Å². The summed E-state index contributed by atoms with van der Waals surface area (Å²) in [5.74, 6) is -0.826. The molecule has 0 saturated heterocycles. The summed E-state index contributed by atoms with van der Waals surface area (Å²) in [7, 11) is 0.